The Labute approximate surface area is 148 Å². The van der Waals surface area contributed by atoms with Gasteiger partial charge in [-0.15, -0.1) is 23.7 Å². The molecule has 1 unspecified atom stereocenters. The summed E-state index contributed by atoms with van der Waals surface area (Å²) in [5.41, 5.74) is 7.12. The van der Waals surface area contributed by atoms with Crippen LogP contribution in [0.1, 0.15) is 22.5 Å². The van der Waals surface area contributed by atoms with E-state index < -0.39 is 0 Å². The molecule has 0 aliphatic heterocycles. The van der Waals surface area contributed by atoms with E-state index in [0.717, 1.165) is 19.8 Å². The third-order valence-corrected chi connectivity index (χ3v) is 5.35. The van der Waals surface area contributed by atoms with Crippen LogP contribution in [0, 0.1) is 5.92 Å². The van der Waals surface area contributed by atoms with E-state index in [-0.39, 0.29) is 24.4 Å². The average molecular weight is 402 g/mol. The number of nitrogens with one attached hydrogen (secondary N) is 1. The third-order valence-electron chi connectivity index (χ3n) is 3.68. The summed E-state index contributed by atoms with van der Waals surface area (Å²) in [7, 11) is 0. The van der Waals surface area contributed by atoms with Crippen molar-refractivity contribution in [1.82, 2.24) is 5.32 Å². The quantitative estimate of drug-likeness (QED) is 0.793. The molecule has 0 radical (unpaired) electrons. The number of carbonyl (C=O) groups excluding carboxylic acids is 1. The van der Waals surface area contributed by atoms with Gasteiger partial charge in [0.1, 0.15) is 0 Å². The zero-order chi connectivity index (χ0) is 14.8. The first kappa shape index (κ1) is 17.5. The number of benzene rings is 1. The van der Waals surface area contributed by atoms with Crippen LogP contribution in [-0.2, 0) is 0 Å². The summed E-state index contributed by atoms with van der Waals surface area (Å²) in [5.74, 6) is 0.575. The highest BCUT2D eigenvalue weighted by Gasteiger charge is 2.28. The van der Waals surface area contributed by atoms with Crippen LogP contribution in [0.3, 0.4) is 0 Å². The van der Waals surface area contributed by atoms with Crippen LogP contribution in [0.15, 0.2) is 40.9 Å². The normalized spacial score (nSPS) is 15.0. The van der Waals surface area contributed by atoms with Crippen molar-refractivity contribution in [1.29, 1.82) is 0 Å². The molecule has 118 valence electrons. The molecule has 22 heavy (non-hydrogen) atoms. The van der Waals surface area contributed by atoms with Crippen LogP contribution in [0.25, 0.3) is 10.4 Å². The van der Waals surface area contributed by atoms with E-state index in [0.29, 0.717) is 12.5 Å². The van der Waals surface area contributed by atoms with Gasteiger partial charge in [-0.3, -0.25) is 4.79 Å². The Kier molecular flexibility index (Phi) is 6.03. The second-order valence-electron chi connectivity index (χ2n) is 5.38. The van der Waals surface area contributed by atoms with Gasteiger partial charge in [0.05, 0.1) is 4.88 Å². The van der Waals surface area contributed by atoms with Gasteiger partial charge in [0.25, 0.3) is 5.91 Å². The molecule has 1 aliphatic carbocycles. The van der Waals surface area contributed by atoms with Crippen LogP contribution in [0.5, 0.6) is 0 Å². The van der Waals surface area contributed by atoms with Crippen molar-refractivity contribution in [2.75, 3.05) is 6.54 Å². The number of hydrogen-bond donors (Lipinski definition) is 2. The molecule has 1 aromatic heterocycles. The van der Waals surface area contributed by atoms with Crippen molar-refractivity contribution < 1.29 is 4.79 Å². The van der Waals surface area contributed by atoms with Gasteiger partial charge in [-0.1, -0.05) is 28.1 Å². The first-order valence-corrected chi connectivity index (χ1v) is 8.64. The number of hydrogen-bond acceptors (Lipinski definition) is 3. The molecule has 3 nitrogen and oxygen atoms in total. The third kappa shape index (κ3) is 4.32. The van der Waals surface area contributed by atoms with E-state index in [4.69, 9.17) is 5.73 Å². The Morgan fingerprint density at radius 2 is 1.95 bits per heavy atom. The minimum atomic E-state index is -0.0283. The van der Waals surface area contributed by atoms with Crippen molar-refractivity contribution in [3.05, 3.63) is 45.7 Å². The topological polar surface area (TPSA) is 55.1 Å². The first-order chi connectivity index (χ1) is 10.1. The molecule has 0 bridgehead atoms. The van der Waals surface area contributed by atoms with Crippen molar-refractivity contribution in [2.45, 2.75) is 18.9 Å². The molecule has 3 N–H and O–H groups in total. The lowest BCUT2D eigenvalue weighted by Crippen LogP contribution is -2.38. The van der Waals surface area contributed by atoms with E-state index in [1.807, 2.05) is 36.4 Å². The summed E-state index contributed by atoms with van der Waals surface area (Å²) in [6, 6.07) is 12.1. The maximum absolute atomic E-state index is 12.1. The van der Waals surface area contributed by atoms with E-state index >= 15 is 0 Å². The summed E-state index contributed by atoms with van der Waals surface area (Å²) in [6.45, 7) is 0.565. The van der Waals surface area contributed by atoms with Gasteiger partial charge in [-0.05, 0) is 48.6 Å². The van der Waals surface area contributed by atoms with Crippen LogP contribution in [-0.4, -0.2) is 18.5 Å². The molecule has 1 amide bonds. The molecule has 1 saturated carbocycles. The fourth-order valence-electron chi connectivity index (χ4n) is 2.22. The van der Waals surface area contributed by atoms with Crippen molar-refractivity contribution in [2.24, 2.45) is 11.7 Å². The highest BCUT2D eigenvalue weighted by Crippen LogP contribution is 2.31. The molecule has 6 heteroatoms. The lowest BCUT2D eigenvalue weighted by molar-refractivity contribution is 0.0954. The molecule has 0 spiro atoms. The molecule has 1 fully saturated rings. The van der Waals surface area contributed by atoms with Gasteiger partial charge in [0, 0.05) is 21.9 Å². The van der Waals surface area contributed by atoms with Crippen molar-refractivity contribution >= 4 is 45.6 Å². The summed E-state index contributed by atoms with van der Waals surface area (Å²) in [5, 5.41) is 2.93. The van der Waals surface area contributed by atoms with E-state index in [2.05, 4.69) is 21.2 Å². The molecular weight excluding hydrogens is 384 g/mol. The zero-order valence-corrected chi connectivity index (χ0v) is 15.1. The largest absolute Gasteiger partial charge is 0.350 e. The van der Waals surface area contributed by atoms with Gasteiger partial charge < -0.3 is 11.1 Å². The molecule has 1 aromatic carbocycles. The Morgan fingerprint density at radius 1 is 1.27 bits per heavy atom. The molecular formula is C16H18BrClN2OS. The lowest BCUT2D eigenvalue weighted by atomic mass is 10.2. The molecule has 3 rings (SSSR count). The Morgan fingerprint density at radius 3 is 2.59 bits per heavy atom. The van der Waals surface area contributed by atoms with E-state index in [9.17, 15) is 4.79 Å². The van der Waals surface area contributed by atoms with Gasteiger partial charge in [0.15, 0.2) is 0 Å². The predicted octanol–water partition coefficient (Wildman–Crippen LogP) is 4.07. The summed E-state index contributed by atoms with van der Waals surface area (Å²) >= 11 is 4.93. The minimum absolute atomic E-state index is 0. The Hall–Kier alpha value is -0.880. The summed E-state index contributed by atoms with van der Waals surface area (Å²) in [4.78, 5) is 14.0. The zero-order valence-electron chi connectivity index (χ0n) is 11.9. The number of thiophene rings is 1. The van der Waals surface area contributed by atoms with Crippen LogP contribution in [0.4, 0.5) is 0 Å². The molecule has 1 heterocycles. The Balaban J connectivity index is 0.00000176. The molecule has 1 atom stereocenters. The van der Waals surface area contributed by atoms with Gasteiger partial charge in [0.2, 0.25) is 0 Å². The Bertz CT molecular complexity index is 640. The van der Waals surface area contributed by atoms with Crippen LogP contribution in [0.2, 0.25) is 0 Å². The minimum Gasteiger partial charge on any atom is -0.350 e. The van der Waals surface area contributed by atoms with E-state index in [1.165, 1.54) is 24.2 Å². The van der Waals surface area contributed by atoms with Crippen molar-refractivity contribution in [3.8, 4) is 10.4 Å². The highest BCUT2D eigenvalue weighted by molar-refractivity contribution is 9.10. The fraction of sp³-hybridized carbons (Fsp3) is 0.312. The number of halogens is 2. The maximum Gasteiger partial charge on any atom is 0.261 e. The standard InChI is InChI=1S/C16H17BrN2OS.ClH/c17-12-5-3-11(4-6-12)14-7-8-15(21-14)16(20)19-9-13(18)10-1-2-10;/h3-8,10,13H,1-2,9,18H2,(H,19,20);1H. The highest BCUT2D eigenvalue weighted by atomic mass is 79.9. The predicted molar refractivity (Wildman–Crippen MR) is 97.7 cm³/mol. The molecule has 1 aliphatic rings. The molecule has 2 aromatic rings. The number of carbonyl (C=O) groups is 1. The number of rotatable bonds is 5. The SMILES string of the molecule is Cl.NC(CNC(=O)c1ccc(-c2ccc(Br)cc2)s1)C1CC1. The number of nitrogens with two attached hydrogens (primary N) is 1. The lowest BCUT2D eigenvalue weighted by Gasteiger charge is -2.10. The monoisotopic (exact) mass is 400 g/mol. The van der Waals surface area contributed by atoms with Crippen molar-refractivity contribution in [3.63, 3.8) is 0 Å². The van der Waals surface area contributed by atoms with Crippen LogP contribution < -0.4 is 11.1 Å². The summed E-state index contributed by atoms with van der Waals surface area (Å²) in [6.07, 6.45) is 2.40. The first-order valence-electron chi connectivity index (χ1n) is 7.03. The van der Waals surface area contributed by atoms with Gasteiger partial charge in [-0.2, -0.15) is 0 Å². The fourth-order valence-corrected chi connectivity index (χ4v) is 3.41. The average Bonchev–Trinajstić information content (AvgIpc) is 3.23. The molecule has 0 saturated heterocycles. The smallest absolute Gasteiger partial charge is 0.261 e. The van der Waals surface area contributed by atoms with Gasteiger partial charge in [-0.25, -0.2) is 0 Å². The second-order valence-corrected chi connectivity index (χ2v) is 7.38. The second kappa shape index (κ2) is 7.59. The van der Waals surface area contributed by atoms with Crippen LogP contribution >= 0.6 is 39.7 Å². The van der Waals surface area contributed by atoms with E-state index in [1.54, 1.807) is 0 Å². The maximum atomic E-state index is 12.1. The summed E-state index contributed by atoms with van der Waals surface area (Å²) < 4.78 is 1.05. The van der Waals surface area contributed by atoms with Gasteiger partial charge >= 0.3 is 0 Å². The number of amides is 1.